The largest absolute Gasteiger partial charge is 0.460 e. The zero-order valence-corrected chi connectivity index (χ0v) is 20.8. The van der Waals surface area contributed by atoms with Crippen molar-refractivity contribution in [3.8, 4) is 11.4 Å². The second-order valence-corrected chi connectivity index (χ2v) is 10.3. The number of aryl methyl sites for hydroxylation is 1. The summed E-state index contributed by atoms with van der Waals surface area (Å²) < 4.78 is 12.2. The zero-order valence-electron chi connectivity index (χ0n) is 20.8. The van der Waals surface area contributed by atoms with Crippen molar-refractivity contribution in [3.05, 3.63) is 56.9 Å². The summed E-state index contributed by atoms with van der Waals surface area (Å²) in [5.41, 5.74) is 7.30. The molecule has 4 heterocycles. The number of anilines is 1. The highest BCUT2D eigenvalue weighted by molar-refractivity contribution is 5.93. The molecule has 0 spiro atoms. The highest BCUT2D eigenvalue weighted by Crippen LogP contribution is 2.45. The molecule has 9 heteroatoms. The number of esters is 2. The van der Waals surface area contributed by atoms with Crippen LogP contribution in [-0.4, -0.2) is 32.2 Å². The fourth-order valence-electron chi connectivity index (χ4n) is 5.24. The summed E-state index contributed by atoms with van der Waals surface area (Å²) in [6.45, 7) is 7.06. The molecule has 0 radical (unpaired) electrons. The normalized spacial score (nSPS) is 18.4. The van der Waals surface area contributed by atoms with Crippen LogP contribution < -0.4 is 11.3 Å². The number of benzene rings is 1. The lowest BCUT2D eigenvalue weighted by molar-refractivity contribution is -0.172. The molecule has 5 rings (SSSR count). The van der Waals surface area contributed by atoms with E-state index in [1.807, 2.05) is 45.0 Å². The molecule has 0 amide bonds. The molecule has 0 bridgehead atoms. The number of nitrogens with two attached hydrogens (primary N) is 1. The van der Waals surface area contributed by atoms with Crippen LogP contribution in [0.5, 0.6) is 0 Å². The number of fused-ring (bicyclic) bond motifs is 5. The molecule has 0 saturated carbocycles. The Bertz CT molecular complexity index is 1500. The van der Waals surface area contributed by atoms with Crippen molar-refractivity contribution in [1.29, 1.82) is 0 Å². The maximum absolute atomic E-state index is 13.6. The summed E-state index contributed by atoms with van der Waals surface area (Å²) in [5, 5.41) is 12.1. The minimum atomic E-state index is -2.01. The monoisotopic (exact) mass is 491 g/mol. The molecule has 3 aromatic rings. The molecule has 1 unspecified atom stereocenters. The molecule has 36 heavy (non-hydrogen) atoms. The Kier molecular flexibility index (Phi) is 5.44. The van der Waals surface area contributed by atoms with Crippen LogP contribution in [0.15, 0.2) is 29.1 Å². The van der Waals surface area contributed by atoms with E-state index < -0.39 is 17.2 Å². The number of nitrogen functional groups attached to an aromatic ring is 1. The topological polar surface area (TPSA) is 134 Å². The smallest absolute Gasteiger partial charge is 0.343 e. The molecule has 0 fully saturated rings. The lowest BCUT2D eigenvalue weighted by Gasteiger charge is -2.33. The molecule has 2 aromatic heterocycles. The molecular formula is C27H29N3O6. The standard InChI is InChI=1S/C27H29N3O6/c1-5-27(34)20-17(13-35-25(27)33)24(32)30-12-16-14(10-11-19(31)36-26(2,3)4)15-8-6-7-9-18(15)29-22(16)23(30)21(20)28/h6-9,34H,5,10-13,28H2,1-4H3. The molecule has 0 aliphatic carbocycles. The van der Waals surface area contributed by atoms with Crippen molar-refractivity contribution in [3.63, 3.8) is 0 Å². The number of hydrogen-bond acceptors (Lipinski definition) is 8. The first-order valence-electron chi connectivity index (χ1n) is 12.0. The summed E-state index contributed by atoms with van der Waals surface area (Å²) in [4.78, 5) is 43.4. The van der Waals surface area contributed by atoms with Gasteiger partial charge in [-0.15, -0.1) is 0 Å². The Hall–Kier alpha value is -3.72. The number of nitrogens with zero attached hydrogens (tertiary/aromatic N) is 2. The Morgan fingerprint density at radius 2 is 1.97 bits per heavy atom. The average Bonchev–Trinajstić information content (AvgIpc) is 3.20. The average molecular weight is 492 g/mol. The summed E-state index contributed by atoms with van der Waals surface area (Å²) in [6, 6.07) is 7.57. The third-order valence-corrected chi connectivity index (χ3v) is 6.86. The van der Waals surface area contributed by atoms with Crippen LogP contribution in [0.3, 0.4) is 0 Å². The van der Waals surface area contributed by atoms with Crippen molar-refractivity contribution in [2.75, 3.05) is 5.73 Å². The SMILES string of the molecule is CCC1(O)C(=O)OCc2c1c(N)c1n(c2=O)Cc2c-1nc1ccccc1c2CCC(=O)OC(C)(C)C. The van der Waals surface area contributed by atoms with Gasteiger partial charge in [-0.2, -0.15) is 0 Å². The van der Waals surface area contributed by atoms with Crippen molar-refractivity contribution in [2.24, 2.45) is 0 Å². The van der Waals surface area contributed by atoms with Crippen LogP contribution in [0.2, 0.25) is 0 Å². The van der Waals surface area contributed by atoms with Crippen LogP contribution in [0.4, 0.5) is 5.69 Å². The van der Waals surface area contributed by atoms with Gasteiger partial charge in [-0.3, -0.25) is 9.59 Å². The van der Waals surface area contributed by atoms with E-state index in [4.69, 9.17) is 20.2 Å². The predicted molar refractivity (Wildman–Crippen MR) is 133 cm³/mol. The van der Waals surface area contributed by atoms with Crippen molar-refractivity contribution >= 4 is 28.5 Å². The Balaban J connectivity index is 1.70. The van der Waals surface area contributed by atoms with Gasteiger partial charge in [-0.1, -0.05) is 25.1 Å². The highest BCUT2D eigenvalue weighted by Gasteiger charge is 2.47. The molecule has 3 N–H and O–H groups in total. The van der Waals surface area contributed by atoms with Gasteiger partial charge in [0.05, 0.1) is 34.7 Å². The van der Waals surface area contributed by atoms with Gasteiger partial charge in [-0.25, -0.2) is 9.78 Å². The maximum Gasteiger partial charge on any atom is 0.343 e. The number of hydrogen-bond donors (Lipinski definition) is 2. The Labute approximate surface area is 207 Å². The molecule has 2 aliphatic rings. The van der Waals surface area contributed by atoms with Crippen LogP contribution in [0.1, 0.15) is 62.8 Å². The fraction of sp³-hybridized carbons (Fsp3) is 0.407. The predicted octanol–water partition coefficient (Wildman–Crippen LogP) is 2.94. The van der Waals surface area contributed by atoms with Crippen molar-refractivity contribution in [2.45, 2.75) is 71.3 Å². The van der Waals surface area contributed by atoms with Gasteiger partial charge in [0.1, 0.15) is 12.2 Å². The highest BCUT2D eigenvalue weighted by atomic mass is 16.6. The van der Waals surface area contributed by atoms with Gasteiger partial charge in [0.15, 0.2) is 5.60 Å². The summed E-state index contributed by atoms with van der Waals surface area (Å²) in [5.74, 6) is -1.14. The number of aromatic nitrogens is 2. The van der Waals surface area contributed by atoms with Crippen LogP contribution in [-0.2, 0) is 44.2 Å². The number of para-hydroxylation sites is 1. The molecule has 2 aliphatic heterocycles. The minimum absolute atomic E-state index is 0.00503. The molecular weight excluding hydrogens is 462 g/mol. The van der Waals surface area contributed by atoms with Crippen LogP contribution >= 0.6 is 0 Å². The number of carbonyl (C=O) groups excluding carboxylic acids is 2. The molecule has 9 nitrogen and oxygen atoms in total. The van der Waals surface area contributed by atoms with Gasteiger partial charge < -0.3 is 24.9 Å². The molecule has 1 atom stereocenters. The third-order valence-electron chi connectivity index (χ3n) is 6.86. The van der Waals surface area contributed by atoms with Gasteiger partial charge in [0.25, 0.3) is 5.56 Å². The number of pyridine rings is 2. The van der Waals surface area contributed by atoms with Gasteiger partial charge >= 0.3 is 11.9 Å². The summed E-state index contributed by atoms with van der Waals surface area (Å²) in [6.07, 6.45) is 0.557. The van der Waals surface area contributed by atoms with E-state index in [9.17, 15) is 19.5 Å². The number of cyclic esters (lactones) is 1. The van der Waals surface area contributed by atoms with E-state index in [0.717, 1.165) is 16.5 Å². The first-order valence-corrected chi connectivity index (χ1v) is 12.0. The van der Waals surface area contributed by atoms with E-state index in [2.05, 4.69) is 0 Å². The zero-order chi connectivity index (χ0) is 26.0. The van der Waals surface area contributed by atoms with E-state index in [1.54, 1.807) is 6.92 Å². The Morgan fingerprint density at radius 1 is 1.25 bits per heavy atom. The lowest BCUT2D eigenvalue weighted by atomic mass is 9.84. The van der Waals surface area contributed by atoms with E-state index in [0.29, 0.717) is 23.3 Å². The number of rotatable bonds is 4. The quantitative estimate of drug-likeness (QED) is 0.416. The molecule has 0 saturated heterocycles. The minimum Gasteiger partial charge on any atom is -0.460 e. The van der Waals surface area contributed by atoms with Crippen molar-refractivity contribution < 1.29 is 24.2 Å². The van der Waals surface area contributed by atoms with E-state index in [1.165, 1.54) is 4.57 Å². The second kappa shape index (κ2) is 8.16. The van der Waals surface area contributed by atoms with Crippen molar-refractivity contribution in [1.82, 2.24) is 9.55 Å². The molecule has 188 valence electrons. The van der Waals surface area contributed by atoms with E-state index in [-0.39, 0.29) is 54.3 Å². The van der Waals surface area contributed by atoms with Gasteiger partial charge in [-0.05, 0) is 45.2 Å². The summed E-state index contributed by atoms with van der Waals surface area (Å²) in [7, 11) is 0. The first kappa shape index (κ1) is 24.0. The van der Waals surface area contributed by atoms with Crippen LogP contribution in [0, 0.1) is 0 Å². The third kappa shape index (κ3) is 3.57. The number of carbonyl (C=O) groups is 2. The summed E-state index contributed by atoms with van der Waals surface area (Å²) >= 11 is 0. The van der Waals surface area contributed by atoms with Gasteiger partial charge in [0.2, 0.25) is 0 Å². The first-order chi connectivity index (χ1) is 17.0. The molecule has 1 aromatic carbocycles. The fourth-order valence-corrected chi connectivity index (χ4v) is 5.24. The number of ether oxygens (including phenoxy) is 2. The lowest BCUT2D eigenvalue weighted by Crippen LogP contribution is -2.45. The van der Waals surface area contributed by atoms with E-state index >= 15 is 0 Å². The van der Waals surface area contributed by atoms with Gasteiger partial charge in [0, 0.05) is 22.9 Å². The maximum atomic E-state index is 13.6. The second-order valence-electron chi connectivity index (χ2n) is 10.3. The number of aliphatic hydroxyl groups is 1. The van der Waals surface area contributed by atoms with Crippen LogP contribution in [0.25, 0.3) is 22.3 Å². The Morgan fingerprint density at radius 3 is 2.67 bits per heavy atom.